The largest absolute Gasteiger partial charge is 0.401 e. The second kappa shape index (κ2) is 5.51. The highest BCUT2D eigenvalue weighted by molar-refractivity contribution is 5.33. The molecule has 19 heavy (non-hydrogen) atoms. The van der Waals surface area contributed by atoms with Gasteiger partial charge in [-0.15, -0.1) is 0 Å². The van der Waals surface area contributed by atoms with Crippen molar-refractivity contribution in [3.8, 4) is 0 Å². The molecule has 0 spiro atoms. The number of halogens is 3. The summed E-state index contributed by atoms with van der Waals surface area (Å²) in [6.07, 6.45) is -3.41. The Balaban J connectivity index is 2.06. The summed E-state index contributed by atoms with van der Waals surface area (Å²) < 4.78 is 37.1. The van der Waals surface area contributed by atoms with Gasteiger partial charge in [-0.2, -0.15) is 13.2 Å². The van der Waals surface area contributed by atoms with Gasteiger partial charge in [0, 0.05) is 19.6 Å². The molecule has 0 aliphatic carbocycles. The zero-order valence-electron chi connectivity index (χ0n) is 11.3. The first kappa shape index (κ1) is 14.3. The highest BCUT2D eigenvalue weighted by Crippen LogP contribution is 2.24. The molecule has 0 bridgehead atoms. The smallest absolute Gasteiger partial charge is 0.305 e. The third kappa shape index (κ3) is 4.21. The molecule has 0 saturated carbocycles. The molecular formula is C14H19F3N2. The molecule has 1 heterocycles. The van der Waals surface area contributed by atoms with E-state index >= 15 is 0 Å². The Morgan fingerprint density at radius 2 is 1.95 bits per heavy atom. The summed E-state index contributed by atoms with van der Waals surface area (Å²) in [6, 6.07) is 6.10. The van der Waals surface area contributed by atoms with Crippen molar-refractivity contribution in [2.24, 2.45) is 0 Å². The Morgan fingerprint density at radius 1 is 1.21 bits per heavy atom. The van der Waals surface area contributed by atoms with Gasteiger partial charge in [0.2, 0.25) is 0 Å². The fourth-order valence-electron chi connectivity index (χ4n) is 2.52. The predicted molar refractivity (Wildman–Crippen MR) is 68.9 cm³/mol. The van der Waals surface area contributed by atoms with Crippen LogP contribution in [0.4, 0.5) is 13.2 Å². The zero-order chi connectivity index (χ0) is 14.0. The van der Waals surface area contributed by atoms with Gasteiger partial charge in [-0.25, -0.2) is 0 Å². The minimum Gasteiger partial charge on any atom is -0.305 e. The summed E-state index contributed by atoms with van der Waals surface area (Å²) in [6.45, 7) is 0.931. The number of benzene rings is 1. The molecule has 0 amide bonds. The average Bonchev–Trinajstić information content (AvgIpc) is 2.26. The van der Waals surface area contributed by atoms with Crippen LogP contribution >= 0.6 is 0 Å². The van der Waals surface area contributed by atoms with E-state index in [9.17, 15) is 13.2 Å². The van der Waals surface area contributed by atoms with E-state index in [4.69, 9.17) is 0 Å². The number of hydrogen-bond acceptors (Lipinski definition) is 2. The van der Waals surface area contributed by atoms with Gasteiger partial charge in [0.15, 0.2) is 0 Å². The first-order valence-corrected chi connectivity index (χ1v) is 6.38. The van der Waals surface area contributed by atoms with Crippen molar-refractivity contribution in [2.45, 2.75) is 25.7 Å². The molecule has 1 aliphatic rings. The number of alkyl halides is 3. The van der Waals surface area contributed by atoms with Crippen molar-refractivity contribution in [3.63, 3.8) is 0 Å². The van der Waals surface area contributed by atoms with E-state index in [1.165, 1.54) is 16.0 Å². The minimum atomic E-state index is -4.11. The van der Waals surface area contributed by atoms with Crippen LogP contribution in [0.25, 0.3) is 0 Å². The fraction of sp³-hybridized carbons (Fsp3) is 0.571. The van der Waals surface area contributed by atoms with Crippen molar-refractivity contribution in [3.05, 3.63) is 34.9 Å². The monoisotopic (exact) mass is 272 g/mol. The molecule has 0 N–H and O–H groups in total. The number of fused-ring (bicyclic) bond motifs is 1. The standard InChI is InChI=1S/C14H19F3N2/c1-18(2)8-11-3-4-13-9-19(10-14(15,16)17)6-5-12(13)7-11/h3-4,7H,5-6,8-10H2,1-2H3. The van der Waals surface area contributed by atoms with Crippen LogP contribution in [-0.2, 0) is 19.5 Å². The molecule has 0 atom stereocenters. The quantitative estimate of drug-likeness (QED) is 0.834. The van der Waals surface area contributed by atoms with Gasteiger partial charge in [0.1, 0.15) is 0 Å². The lowest BCUT2D eigenvalue weighted by Crippen LogP contribution is -2.38. The van der Waals surface area contributed by atoms with Gasteiger partial charge in [-0.1, -0.05) is 18.2 Å². The topological polar surface area (TPSA) is 6.48 Å². The van der Waals surface area contributed by atoms with Crippen molar-refractivity contribution < 1.29 is 13.2 Å². The van der Waals surface area contributed by atoms with Gasteiger partial charge < -0.3 is 4.90 Å². The van der Waals surface area contributed by atoms with Gasteiger partial charge in [0.05, 0.1) is 6.54 Å². The maximum Gasteiger partial charge on any atom is 0.401 e. The third-order valence-corrected chi connectivity index (χ3v) is 3.26. The van der Waals surface area contributed by atoms with Crippen LogP contribution in [0, 0.1) is 0 Å². The molecule has 0 unspecified atom stereocenters. The molecule has 0 aromatic heterocycles. The summed E-state index contributed by atoms with van der Waals surface area (Å²) >= 11 is 0. The third-order valence-electron chi connectivity index (χ3n) is 3.26. The van der Waals surface area contributed by atoms with Gasteiger partial charge in [0.25, 0.3) is 0 Å². The van der Waals surface area contributed by atoms with E-state index in [2.05, 4.69) is 11.0 Å². The van der Waals surface area contributed by atoms with Crippen molar-refractivity contribution in [1.82, 2.24) is 9.80 Å². The van der Waals surface area contributed by atoms with Crippen LogP contribution in [0.5, 0.6) is 0 Å². The molecule has 5 heteroatoms. The molecule has 1 aromatic carbocycles. The van der Waals surface area contributed by atoms with E-state index in [1.54, 1.807) is 0 Å². The lowest BCUT2D eigenvalue weighted by Gasteiger charge is -2.29. The molecule has 0 fully saturated rings. The second-order valence-electron chi connectivity index (χ2n) is 5.42. The molecule has 2 rings (SSSR count). The highest BCUT2D eigenvalue weighted by atomic mass is 19.4. The van der Waals surface area contributed by atoms with Crippen LogP contribution in [0.2, 0.25) is 0 Å². The number of nitrogens with zero attached hydrogens (tertiary/aromatic N) is 2. The van der Waals surface area contributed by atoms with E-state index in [0.29, 0.717) is 19.5 Å². The minimum absolute atomic E-state index is 0.400. The summed E-state index contributed by atoms with van der Waals surface area (Å²) in [5, 5.41) is 0. The van der Waals surface area contributed by atoms with E-state index in [0.717, 1.165) is 12.1 Å². The first-order valence-electron chi connectivity index (χ1n) is 6.38. The zero-order valence-corrected chi connectivity index (χ0v) is 11.3. The Kier molecular flexibility index (Phi) is 4.16. The summed E-state index contributed by atoms with van der Waals surface area (Å²) in [5.41, 5.74) is 3.43. The molecular weight excluding hydrogens is 253 g/mol. The maximum absolute atomic E-state index is 12.4. The van der Waals surface area contributed by atoms with Crippen LogP contribution in [0.1, 0.15) is 16.7 Å². The lowest BCUT2D eigenvalue weighted by atomic mass is 9.97. The summed E-state index contributed by atoms with van der Waals surface area (Å²) in [4.78, 5) is 3.55. The lowest BCUT2D eigenvalue weighted by molar-refractivity contribution is -0.147. The number of hydrogen-bond donors (Lipinski definition) is 0. The Bertz CT molecular complexity index is 441. The van der Waals surface area contributed by atoms with Crippen molar-refractivity contribution in [1.29, 1.82) is 0 Å². The van der Waals surface area contributed by atoms with E-state index < -0.39 is 12.7 Å². The van der Waals surface area contributed by atoms with Crippen molar-refractivity contribution >= 4 is 0 Å². The van der Waals surface area contributed by atoms with E-state index in [-0.39, 0.29) is 0 Å². The second-order valence-corrected chi connectivity index (χ2v) is 5.42. The molecule has 0 radical (unpaired) electrons. The first-order chi connectivity index (χ1) is 8.83. The predicted octanol–water partition coefficient (Wildman–Crippen LogP) is 2.67. The average molecular weight is 272 g/mol. The fourth-order valence-corrected chi connectivity index (χ4v) is 2.52. The molecule has 106 valence electrons. The van der Waals surface area contributed by atoms with Crippen molar-refractivity contribution in [2.75, 3.05) is 27.2 Å². The molecule has 0 saturated heterocycles. The highest BCUT2D eigenvalue weighted by Gasteiger charge is 2.32. The Labute approximate surface area is 111 Å². The molecule has 1 aromatic rings. The van der Waals surface area contributed by atoms with Gasteiger partial charge in [-0.3, -0.25) is 4.90 Å². The summed E-state index contributed by atoms with van der Waals surface area (Å²) in [7, 11) is 4.01. The summed E-state index contributed by atoms with van der Waals surface area (Å²) in [5.74, 6) is 0. The molecule has 1 aliphatic heterocycles. The van der Waals surface area contributed by atoms with Gasteiger partial charge >= 0.3 is 6.18 Å². The Morgan fingerprint density at radius 3 is 2.58 bits per heavy atom. The van der Waals surface area contributed by atoms with Gasteiger partial charge in [-0.05, 0) is 37.2 Å². The Hall–Kier alpha value is -1.07. The SMILES string of the molecule is CN(C)Cc1ccc2c(c1)CCN(CC(F)(F)F)C2. The van der Waals surface area contributed by atoms with Crippen LogP contribution < -0.4 is 0 Å². The van der Waals surface area contributed by atoms with Crippen LogP contribution in [0.15, 0.2) is 18.2 Å². The van der Waals surface area contributed by atoms with Crippen LogP contribution in [-0.4, -0.2) is 43.2 Å². The number of rotatable bonds is 3. The normalized spacial score (nSPS) is 16.7. The van der Waals surface area contributed by atoms with E-state index in [1.807, 2.05) is 26.2 Å². The molecule has 2 nitrogen and oxygen atoms in total. The van der Waals surface area contributed by atoms with Crippen LogP contribution in [0.3, 0.4) is 0 Å². The maximum atomic E-state index is 12.4.